The minimum atomic E-state index is -0.270. The Morgan fingerprint density at radius 2 is 1.63 bits per heavy atom. The fourth-order valence-electron chi connectivity index (χ4n) is 4.30. The number of fused-ring (bicyclic) bond motifs is 1. The number of rotatable bonds is 3. The van der Waals surface area contributed by atoms with Gasteiger partial charge in [0.05, 0.1) is 11.8 Å². The zero-order valence-corrected chi connectivity index (χ0v) is 15.6. The molecule has 27 heavy (non-hydrogen) atoms. The number of likely N-dealkylation sites (tertiary alicyclic amines) is 1. The van der Waals surface area contributed by atoms with E-state index in [0.717, 1.165) is 13.1 Å². The van der Waals surface area contributed by atoms with Crippen LogP contribution >= 0.6 is 0 Å². The molecule has 142 valence electrons. The number of carbonyl (C=O) groups is 3. The van der Waals surface area contributed by atoms with Gasteiger partial charge in [-0.05, 0) is 37.5 Å². The lowest BCUT2D eigenvalue weighted by Gasteiger charge is -2.36. The van der Waals surface area contributed by atoms with Gasteiger partial charge in [-0.3, -0.25) is 19.3 Å². The molecule has 4 rings (SSSR count). The van der Waals surface area contributed by atoms with Crippen LogP contribution in [0.5, 0.6) is 0 Å². The summed E-state index contributed by atoms with van der Waals surface area (Å²) in [6, 6.07) is 8.35. The van der Waals surface area contributed by atoms with Crippen molar-refractivity contribution in [3.05, 3.63) is 42.0 Å². The standard InChI is InChI=1S/C21H25N3O3/c1-15-5-4-6-16(13-15)22-9-11-23(12-10-22)19(25)14-24-20(26)17-7-2-3-8-18(17)21(24)27/h2-6,13,17-18H,7-12,14H2,1H3/t17-,18-/m1/s1. The number of amides is 3. The predicted octanol–water partition coefficient (Wildman–Crippen LogP) is 1.59. The molecular weight excluding hydrogens is 342 g/mol. The summed E-state index contributed by atoms with van der Waals surface area (Å²) in [5, 5.41) is 0. The maximum absolute atomic E-state index is 12.7. The maximum Gasteiger partial charge on any atom is 0.242 e. The SMILES string of the molecule is Cc1cccc(N2CCN(C(=O)CN3C(=O)[C@@H]4CC=CC[C@H]4C3=O)CC2)c1. The van der Waals surface area contributed by atoms with Crippen LogP contribution < -0.4 is 4.90 Å². The smallest absolute Gasteiger partial charge is 0.242 e. The van der Waals surface area contributed by atoms with Crippen LogP contribution in [0.4, 0.5) is 5.69 Å². The second kappa shape index (κ2) is 7.18. The van der Waals surface area contributed by atoms with Crippen LogP contribution in [0.3, 0.4) is 0 Å². The Balaban J connectivity index is 1.35. The first kappa shape index (κ1) is 17.8. The molecule has 6 heteroatoms. The molecule has 2 aliphatic heterocycles. The summed E-state index contributed by atoms with van der Waals surface area (Å²) in [5.41, 5.74) is 2.39. The van der Waals surface area contributed by atoms with Crippen molar-refractivity contribution in [3.63, 3.8) is 0 Å². The average Bonchev–Trinajstić information content (AvgIpc) is 2.93. The lowest BCUT2D eigenvalue weighted by Crippen LogP contribution is -2.52. The third-order valence-electron chi connectivity index (χ3n) is 5.89. The van der Waals surface area contributed by atoms with E-state index in [1.54, 1.807) is 4.90 Å². The van der Waals surface area contributed by atoms with Crippen molar-refractivity contribution in [3.8, 4) is 0 Å². The van der Waals surface area contributed by atoms with Crippen LogP contribution in [-0.4, -0.2) is 60.2 Å². The van der Waals surface area contributed by atoms with Crippen LogP contribution in [0, 0.1) is 18.8 Å². The molecule has 0 saturated carbocycles. The van der Waals surface area contributed by atoms with E-state index in [0.29, 0.717) is 25.9 Å². The van der Waals surface area contributed by atoms with Crippen molar-refractivity contribution in [2.24, 2.45) is 11.8 Å². The number of piperazine rings is 1. The molecule has 0 bridgehead atoms. The Bertz CT molecular complexity index is 770. The van der Waals surface area contributed by atoms with Gasteiger partial charge in [-0.2, -0.15) is 0 Å². The molecule has 0 N–H and O–H groups in total. The van der Waals surface area contributed by atoms with Gasteiger partial charge >= 0.3 is 0 Å². The highest BCUT2D eigenvalue weighted by Gasteiger charge is 2.47. The van der Waals surface area contributed by atoms with E-state index in [1.807, 2.05) is 18.2 Å². The summed E-state index contributed by atoms with van der Waals surface area (Å²) >= 11 is 0. The average molecular weight is 367 g/mol. The van der Waals surface area contributed by atoms with E-state index < -0.39 is 0 Å². The molecule has 1 aliphatic carbocycles. The Morgan fingerprint density at radius 3 is 2.22 bits per heavy atom. The number of benzene rings is 1. The van der Waals surface area contributed by atoms with Gasteiger partial charge in [0.1, 0.15) is 6.54 Å². The van der Waals surface area contributed by atoms with Crippen molar-refractivity contribution >= 4 is 23.4 Å². The molecule has 2 saturated heterocycles. The van der Waals surface area contributed by atoms with Gasteiger partial charge in [-0.25, -0.2) is 0 Å². The van der Waals surface area contributed by atoms with Gasteiger partial charge in [0, 0.05) is 31.9 Å². The van der Waals surface area contributed by atoms with Gasteiger partial charge in [-0.15, -0.1) is 0 Å². The number of allylic oxidation sites excluding steroid dienone is 2. The fraction of sp³-hybridized carbons (Fsp3) is 0.476. The van der Waals surface area contributed by atoms with Crippen LogP contribution in [-0.2, 0) is 14.4 Å². The van der Waals surface area contributed by atoms with Crippen molar-refractivity contribution in [1.82, 2.24) is 9.80 Å². The number of carbonyl (C=O) groups excluding carboxylic acids is 3. The van der Waals surface area contributed by atoms with Gasteiger partial charge in [-0.1, -0.05) is 24.3 Å². The van der Waals surface area contributed by atoms with Gasteiger partial charge in [0.25, 0.3) is 0 Å². The first-order chi connectivity index (χ1) is 13.0. The first-order valence-electron chi connectivity index (χ1n) is 9.64. The summed E-state index contributed by atoms with van der Waals surface area (Å²) < 4.78 is 0. The van der Waals surface area contributed by atoms with E-state index in [2.05, 4.69) is 30.0 Å². The van der Waals surface area contributed by atoms with Crippen LogP contribution in [0.2, 0.25) is 0 Å². The highest BCUT2D eigenvalue weighted by Crippen LogP contribution is 2.35. The van der Waals surface area contributed by atoms with Gasteiger partial charge < -0.3 is 9.80 Å². The van der Waals surface area contributed by atoms with Gasteiger partial charge in [0.2, 0.25) is 17.7 Å². The van der Waals surface area contributed by atoms with Crippen molar-refractivity contribution < 1.29 is 14.4 Å². The predicted molar refractivity (Wildman–Crippen MR) is 102 cm³/mol. The monoisotopic (exact) mass is 367 g/mol. The number of nitrogens with zero attached hydrogens (tertiary/aromatic N) is 3. The Labute approximate surface area is 159 Å². The quantitative estimate of drug-likeness (QED) is 0.601. The van der Waals surface area contributed by atoms with E-state index in [9.17, 15) is 14.4 Å². The van der Waals surface area contributed by atoms with E-state index in [-0.39, 0.29) is 36.1 Å². The Hall–Kier alpha value is -2.63. The molecule has 1 aromatic rings. The van der Waals surface area contributed by atoms with Crippen molar-refractivity contribution in [2.75, 3.05) is 37.6 Å². The van der Waals surface area contributed by atoms with Crippen molar-refractivity contribution in [2.45, 2.75) is 19.8 Å². The minimum absolute atomic E-state index is 0.116. The largest absolute Gasteiger partial charge is 0.368 e. The first-order valence-corrected chi connectivity index (χ1v) is 9.64. The number of aryl methyl sites for hydroxylation is 1. The molecule has 3 amide bonds. The number of anilines is 1. The summed E-state index contributed by atoms with van der Waals surface area (Å²) in [5.74, 6) is -1.03. The van der Waals surface area contributed by atoms with Crippen LogP contribution in [0.25, 0.3) is 0 Å². The molecule has 2 atom stereocenters. The molecular formula is C21H25N3O3. The topological polar surface area (TPSA) is 60.9 Å². The van der Waals surface area contributed by atoms with E-state index in [1.165, 1.54) is 16.2 Å². The van der Waals surface area contributed by atoms with E-state index >= 15 is 0 Å². The minimum Gasteiger partial charge on any atom is -0.368 e. The zero-order chi connectivity index (χ0) is 19.0. The lowest BCUT2D eigenvalue weighted by molar-refractivity contribution is -0.146. The summed E-state index contributed by atoms with van der Waals surface area (Å²) in [7, 11) is 0. The highest BCUT2D eigenvalue weighted by molar-refractivity contribution is 6.07. The normalized spacial score (nSPS) is 25.1. The molecule has 0 aromatic heterocycles. The molecule has 0 spiro atoms. The number of hydrogen-bond donors (Lipinski definition) is 0. The van der Waals surface area contributed by atoms with Crippen LogP contribution in [0.1, 0.15) is 18.4 Å². The lowest BCUT2D eigenvalue weighted by atomic mass is 9.85. The Kier molecular flexibility index (Phi) is 4.72. The number of hydrogen-bond acceptors (Lipinski definition) is 4. The summed E-state index contributed by atoms with van der Waals surface area (Å²) in [6.07, 6.45) is 5.13. The fourth-order valence-corrected chi connectivity index (χ4v) is 4.30. The maximum atomic E-state index is 12.7. The summed E-state index contributed by atoms with van der Waals surface area (Å²) in [4.78, 5) is 43.0. The third-order valence-corrected chi connectivity index (χ3v) is 5.89. The molecule has 1 aromatic carbocycles. The zero-order valence-electron chi connectivity index (χ0n) is 15.6. The molecule has 2 heterocycles. The van der Waals surface area contributed by atoms with Crippen LogP contribution in [0.15, 0.2) is 36.4 Å². The Morgan fingerprint density at radius 1 is 1.00 bits per heavy atom. The third kappa shape index (κ3) is 3.36. The molecule has 3 aliphatic rings. The molecule has 2 fully saturated rings. The van der Waals surface area contributed by atoms with Crippen molar-refractivity contribution in [1.29, 1.82) is 0 Å². The molecule has 0 unspecified atom stereocenters. The van der Waals surface area contributed by atoms with Gasteiger partial charge in [0.15, 0.2) is 0 Å². The second-order valence-electron chi connectivity index (χ2n) is 7.63. The molecule has 6 nitrogen and oxygen atoms in total. The highest BCUT2D eigenvalue weighted by atomic mass is 16.2. The number of imide groups is 1. The summed E-state index contributed by atoms with van der Waals surface area (Å²) in [6.45, 7) is 4.68. The molecule has 0 radical (unpaired) electrons. The second-order valence-corrected chi connectivity index (χ2v) is 7.63. The van der Waals surface area contributed by atoms with E-state index in [4.69, 9.17) is 0 Å².